The van der Waals surface area contributed by atoms with E-state index in [-0.39, 0.29) is 18.3 Å². The normalized spacial score (nSPS) is 13.8. The number of rotatable bonds is 12. The Hall–Kier alpha value is -2.75. The van der Waals surface area contributed by atoms with Gasteiger partial charge in [0.15, 0.2) is 0 Å². The first kappa shape index (κ1) is 33.3. The number of alkyl carbamates (subject to hydrolysis) is 1. The van der Waals surface area contributed by atoms with Gasteiger partial charge in [-0.05, 0) is 77.0 Å². The predicted molar refractivity (Wildman–Crippen MR) is 151 cm³/mol. The van der Waals surface area contributed by atoms with Gasteiger partial charge in [-0.3, -0.25) is 14.4 Å². The largest absolute Gasteiger partial charge is 0.468 e. The molecule has 0 aliphatic rings. The lowest BCUT2D eigenvalue weighted by atomic mass is 9.95. The van der Waals surface area contributed by atoms with Crippen molar-refractivity contribution in [1.29, 1.82) is 0 Å². The number of carbonyl (C=O) groups excluding carboxylic acids is 4. The molecule has 0 spiro atoms. The van der Waals surface area contributed by atoms with E-state index in [0.717, 1.165) is 17.5 Å². The van der Waals surface area contributed by atoms with E-state index in [2.05, 4.69) is 41.8 Å². The van der Waals surface area contributed by atoms with Crippen molar-refractivity contribution in [3.05, 3.63) is 34.9 Å². The molecule has 0 aromatic heterocycles. The molecule has 214 valence electrons. The number of nitrogens with one attached hydrogen (secondary N) is 2. The van der Waals surface area contributed by atoms with Gasteiger partial charge >= 0.3 is 12.1 Å². The average molecular weight is 552 g/mol. The van der Waals surface area contributed by atoms with E-state index in [1.54, 1.807) is 26.8 Å². The van der Waals surface area contributed by atoms with E-state index >= 15 is 0 Å². The lowest BCUT2D eigenvalue weighted by molar-refractivity contribution is -0.146. The summed E-state index contributed by atoms with van der Waals surface area (Å²) >= 11 is 4.33. The zero-order valence-electron chi connectivity index (χ0n) is 24.2. The van der Waals surface area contributed by atoms with Crippen LogP contribution in [0.3, 0.4) is 0 Å². The predicted octanol–water partition coefficient (Wildman–Crippen LogP) is 4.11. The van der Waals surface area contributed by atoms with Gasteiger partial charge in [-0.15, -0.1) is 0 Å². The number of benzene rings is 1. The first-order valence-electron chi connectivity index (χ1n) is 12.9. The van der Waals surface area contributed by atoms with Crippen molar-refractivity contribution in [2.45, 2.75) is 92.0 Å². The Morgan fingerprint density at radius 2 is 1.66 bits per heavy atom. The summed E-state index contributed by atoms with van der Waals surface area (Å²) in [4.78, 5) is 53.5. The van der Waals surface area contributed by atoms with E-state index in [0.29, 0.717) is 17.9 Å². The van der Waals surface area contributed by atoms with Gasteiger partial charge in [-0.25, -0.2) is 4.79 Å². The summed E-state index contributed by atoms with van der Waals surface area (Å²) in [5.41, 5.74) is 1.82. The second-order valence-electron chi connectivity index (χ2n) is 11.0. The second-order valence-corrected chi connectivity index (χ2v) is 11.4. The first-order valence-corrected chi connectivity index (χ1v) is 13.6. The molecule has 0 heterocycles. The standard InChI is InChI=1S/C28H45N3O6S/c1-17(2)10-12-20(5)31(26(34)22(16-38)30-27(35)37-28(6,7)8)24(25(33)29-15-23(32)36-9)21-13-11-18(3)19(4)14-21/h11,13-14,17,20,22,24,38H,10,12,15-16H2,1-9H3,(H,29,33)(H,30,35). The number of esters is 1. The fourth-order valence-electron chi connectivity index (χ4n) is 3.83. The SMILES string of the molecule is COC(=O)CNC(=O)C(c1ccc(C)c(C)c1)N(C(=O)C(CS)NC(=O)OC(C)(C)C)C(C)CCC(C)C. The zero-order chi connectivity index (χ0) is 29.2. The highest BCUT2D eigenvalue weighted by atomic mass is 32.1. The number of methoxy groups -OCH3 is 1. The molecule has 0 saturated heterocycles. The van der Waals surface area contributed by atoms with Crippen LogP contribution in [0.25, 0.3) is 0 Å². The van der Waals surface area contributed by atoms with Crippen LogP contribution < -0.4 is 10.6 Å². The highest BCUT2D eigenvalue weighted by molar-refractivity contribution is 7.80. The summed E-state index contributed by atoms with van der Waals surface area (Å²) in [6.45, 7) is 14.8. The van der Waals surface area contributed by atoms with Crippen LogP contribution in [0.15, 0.2) is 18.2 Å². The van der Waals surface area contributed by atoms with Crippen molar-refractivity contribution in [3.63, 3.8) is 0 Å². The molecule has 0 aliphatic heterocycles. The Labute approximate surface area is 232 Å². The van der Waals surface area contributed by atoms with Crippen LogP contribution in [-0.2, 0) is 23.9 Å². The van der Waals surface area contributed by atoms with Gasteiger partial charge in [0, 0.05) is 11.8 Å². The van der Waals surface area contributed by atoms with Crippen molar-refractivity contribution in [3.8, 4) is 0 Å². The molecule has 0 saturated carbocycles. The molecule has 38 heavy (non-hydrogen) atoms. The maximum atomic E-state index is 14.1. The number of amides is 3. The molecule has 3 atom stereocenters. The maximum Gasteiger partial charge on any atom is 0.408 e. The number of hydrogen-bond donors (Lipinski definition) is 3. The van der Waals surface area contributed by atoms with Gasteiger partial charge in [-0.1, -0.05) is 32.0 Å². The van der Waals surface area contributed by atoms with Gasteiger partial charge in [0.25, 0.3) is 0 Å². The molecule has 9 nitrogen and oxygen atoms in total. The molecule has 0 bridgehead atoms. The van der Waals surface area contributed by atoms with Gasteiger partial charge in [0.1, 0.15) is 24.2 Å². The molecule has 3 unspecified atom stereocenters. The van der Waals surface area contributed by atoms with E-state index in [4.69, 9.17) is 4.74 Å². The smallest absolute Gasteiger partial charge is 0.408 e. The lowest BCUT2D eigenvalue weighted by Gasteiger charge is -2.38. The van der Waals surface area contributed by atoms with Crippen LogP contribution in [0.1, 0.15) is 77.1 Å². The number of thiol groups is 1. The molecule has 10 heteroatoms. The van der Waals surface area contributed by atoms with Crippen molar-refractivity contribution in [2.75, 3.05) is 19.4 Å². The summed E-state index contributed by atoms with van der Waals surface area (Å²) in [5.74, 6) is -1.24. The minimum absolute atomic E-state index is 0.00506. The van der Waals surface area contributed by atoms with Crippen LogP contribution >= 0.6 is 12.6 Å². The monoisotopic (exact) mass is 551 g/mol. The fraction of sp³-hybridized carbons (Fsp3) is 0.643. The Kier molecular flexibility index (Phi) is 13.1. The van der Waals surface area contributed by atoms with Gasteiger partial charge in [-0.2, -0.15) is 12.6 Å². The third kappa shape index (κ3) is 10.6. The lowest BCUT2D eigenvalue weighted by Crippen LogP contribution is -2.56. The number of carbonyl (C=O) groups is 4. The maximum absolute atomic E-state index is 14.1. The molecule has 1 aromatic carbocycles. The van der Waals surface area contributed by atoms with Crippen LogP contribution in [0.5, 0.6) is 0 Å². The van der Waals surface area contributed by atoms with E-state index in [1.165, 1.54) is 12.0 Å². The minimum Gasteiger partial charge on any atom is -0.468 e. The number of aryl methyl sites for hydroxylation is 2. The van der Waals surface area contributed by atoms with Gasteiger partial charge < -0.3 is 25.0 Å². The number of hydrogen-bond acceptors (Lipinski definition) is 7. The zero-order valence-corrected chi connectivity index (χ0v) is 25.1. The van der Waals surface area contributed by atoms with Crippen LogP contribution in [0.2, 0.25) is 0 Å². The highest BCUT2D eigenvalue weighted by Gasteiger charge is 2.38. The molecule has 1 rings (SSSR count). The van der Waals surface area contributed by atoms with Crippen LogP contribution in [0, 0.1) is 19.8 Å². The summed E-state index contributed by atoms with van der Waals surface area (Å²) in [6, 6.07) is 3.08. The van der Waals surface area contributed by atoms with Crippen molar-refractivity contribution < 1.29 is 28.7 Å². The molecular formula is C28H45N3O6S. The molecule has 0 radical (unpaired) electrons. The van der Waals surface area contributed by atoms with E-state index in [1.807, 2.05) is 32.9 Å². The Morgan fingerprint density at radius 3 is 2.16 bits per heavy atom. The van der Waals surface area contributed by atoms with Crippen LogP contribution in [0.4, 0.5) is 4.79 Å². The third-order valence-electron chi connectivity index (χ3n) is 6.07. The molecule has 0 aliphatic carbocycles. The average Bonchev–Trinajstić information content (AvgIpc) is 2.82. The van der Waals surface area contributed by atoms with Crippen molar-refractivity contribution >= 4 is 36.5 Å². The second kappa shape index (κ2) is 15.0. The van der Waals surface area contributed by atoms with E-state index < -0.39 is 41.6 Å². The third-order valence-corrected chi connectivity index (χ3v) is 6.44. The Morgan fingerprint density at radius 1 is 1.03 bits per heavy atom. The Bertz CT molecular complexity index is 976. The Balaban J connectivity index is 3.57. The summed E-state index contributed by atoms with van der Waals surface area (Å²) in [5, 5.41) is 5.23. The molecule has 3 amide bonds. The summed E-state index contributed by atoms with van der Waals surface area (Å²) in [6.07, 6.45) is 0.692. The quantitative estimate of drug-likeness (QED) is 0.266. The molecule has 0 fully saturated rings. The van der Waals surface area contributed by atoms with Crippen LogP contribution in [-0.4, -0.2) is 65.9 Å². The molecule has 2 N–H and O–H groups in total. The van der Waals surface area contributed by atoms with Gasteiger partial charge in [0.2, 0.25) is 11.8 Å². The first-order chi connectivity index (χ1) is 17.6. The van der Waals surface area contributed by atoms with Crippen molar-refractivity contribution in [1.82, 2.24) is 15.5 Å². The fourth-order valence-corrected chi connectivity index (χ4v) is 4.08. The molecule has 1 aromatic rings. The number of nitrogens with zero attached hydrogens (tertiary/aromatic N) is 1. The number of ether oxygens (including phenoxy) is 2. The summed E-state index contributed by atoms with van der Waals surface area (Å²) in [7, 11) is 1.23. The molecular weight excluding hydrogens is 506 g/mol. The van der Waals surface area contributed by atoms with Crippen molar-refractivity contribution in [2.24, 2.45) is 5.92 Å². The van der Waals surface area contributed by atoms with E-state index in [9.17, 15) is 19.2 Å². The highest BCUT2D eigenvalue weighted by Crippen LogP contribution is 2.29. The minimum atomic E-state index is -1.06. The summed E-state index contributed by atoms with van der Waals surface area (Å²) < 4.78 is 10.0. The topological polar surface area (TPSA) is 114 Å². The van der Waals surface area contributed by atoms with Gasteiger partial charge in [0.05, 0.1) is 7.11 Å².